The molecule has 0 aliphatic rings. The van der Waals surface area contributed by atoms with E-state index >= 15 is 0 Å². The first kappa shape index (κ1) is 28.9. The van der Waals surface area contributed by atoms with Crippen LogP contribution in [0.2, 0.25) is 0 Å². The van der Waals surface area contributed by atoms with E-state index < -0.39 is 42.0 Å². The van der Waals surface area contributed by atoms with Crippen LogP contribution in [0.3, 0.4) is 0 Å². The lowest BCUT2D eigenvalue weighted by Gasteiger charge is -2.38. The van der Waals surface area contributed by atoms with Crippen molar-refractivity contribution < 1.29 is 23.9 Å². The number of nitrogens with zero attached hydrogens (tertiary/aromatic N) is 1. The van der Waals surface area contributed by atoms with Gasteiger partial charge in [-0.3, -0.25) is 14.4 Å². The quantitative estimate of drug-likeness (QED) is 0.399. The summed E-state index contributed by atoms with van der Waals surface area (Å²) in [6, 6.07) is 6.36. The highest BCUT2D eigenvalue weighted by atomic mass is 16.6. The smallest absolute Gasteiger partial charge is 0.408 e. The zero-order valence-corrected chi connectivity index (χ0v) is 21.2. The first-order valence-electron chi connectivity index (χ1n) is 11.8. The molecule has 9 heteroatoms. The highest BCUT2D eigenvalue weighted by molar-refractivity contribution is 5.94. The third kappa shape index (κ3) is 9.41. The second-order valence-electron chi connectivity index (χ2n) is 9.33. The minimum Gasteiger partial charge on any atom is -0.444 e. The fourth-order valence-corrected chi connectivity index (χ4v) is 3.39. The van der Waals surface area contributed by atoms with Crippen molar-refractivity contribution in [2.45, 2.75) is 91.0 Å². The number of amides is 4. The minimum absolute atomic E-state index is 0.330. The SMILES string of the molecule is CCCCNC(=O)C(c1ccccc1)N(C(=O)C(CC(N)=O)NC(=O)OC(C)(C)C)C(C)CC. The number of nitrogens with one attached hydrogen (secondary N) is 2. The van der Waals surface area contributed by atoms with Crippen molar-refractivity contribution in [1.82, 2.24) is 15.5 Å². The summed E-state index contributed by atoms with van der Waals surface area (Å²) in [6.45, 7) is 11.3. The lowest BCUT2D eigenvalue weighted by Crippen LogP contribution is -2.56. The van der Waals surface area contributed by atoms with Crippen LogP contribution in [0.5, 0.6) is 0 Å². The Balaban J connectivity index is 3.41. The molecule has 0 aromatic heterocycles. The summed E-state index contributed by atoms with van der Waals surface area (Å²) in [5.41, 5.74) is 5.22. The number of hydrogen-bond donors (Lipinski definition) is 3. The molecule has 0 spiro atoms. The van der Waals surface area contributed by atoms with Gasteiger partial charge in [0.05, 0.1) is 6.42 Å². The molecule has 0 bridgehead atoms. The van der Waals surface area contributed by atoms with Gasteiger partial charge in [-0.05, 0) is 46.1 Å². The molecule has 0 heterocycles. The highest BCUT2D eigenvalue weighted by Gasteiger charge is 2.38. The molecule has 4 amide bonds. The van der Waals surface area contributed by atoms with Gasteiger partial charge in [0.25, 0.3) is 0 Å². The molecule has 0 aliphatic heterocycles. The zero-order valence-electron chi connectivity index (χ0n) is 21.2. The Morgan fingerprint density at radius 1 is 1.09 bits per heavy atom. The molecule has 0 aliphatic carbocycles. The molecular formula is C25H40N4O5. The molecule has 3 unspecified atom stereocenters. The van der Waals surface area contributed by atoms with Gasteiger partial charge in [-0.1, -0.05) is 50.6 Å². The number of hydrogen-bond acceptors (Lipinski definition) is 5. The number of nitrogens with two attached hydrogens (primary N) is 1. The molecule has 9 nitrogen and oxygen atoms in total. The van der Waals surface area contributed by atoms with Crippen molar-refractivity contribution in [2.24, 2.45) is 5.73 Å². The van der Waals surface area contributed by atoms with Gasteiger partial charge in [0, 0.05) is 12.6 Å². The van der Waals surface area contributed by atoms with Crippen LogP contribution < -0.4 is 16.4 Å². The van der Waals surface area contributed by atoms with Crippen LogP contribution in [0, 0.1) is 0 Å². The third-order valence-corrected chi connectivity index (χ3v) is 5.19. The Hall–Kier alpha value is -3.10. The molecule has 0 fully saturated rings. The number of benzene rings is 1. The number of carbonyl (C=O) groups is 4. The van der Waals surface area contributed by atoms with E-state index in [1.807, 2.05) is 26.8 Å². The van der Waals surface area contributed by atoms with Crippen LogP contribution >= 0.6 is 0 Å². The van der Waals surface area contributed by atoms with Crippen LogP contribution in [0.4, 0.5) is 4.79 Å². The lowest BCUT2D eigenvalue weighted by atomic mass is 9.99. The summed E-state index contributed by atoms with van der Waals surface area (Å²) in [6.07, 6.45) is 0.983. The fraction of sp³-hybridized carbons (Fsp3) is 0.600. The predicted octanol–water partition coefficient (Wildman–Crippen LogP) is 3.04. The number of rotatable bonds is 12. The summed E-state index contributed by atoms with van der Waals surface area (Å²) < 4.78 is 5.27. The Morgan fingerprint density at radius 3 is 2.21 bits per heavy atom. The molecule has 0 radical (unpaired) electrons. The molecule has 190 valence electrons. The van der Waals surface area contributed by atoms with Crippen molar-refractivity contribution in [2.75, 3.05) is 6.54 Å². The van der Waals surface area contributed by atoms with E-state index in [9.17, 15) is 19.2 Å². The normalized spacial score (nSPS) is 13.8. The van der Waals surface area contributed by atoms with Crippen molar-refractivity contribution in [3.63, 3.8) is 0 Å². The molecule has 1 rings (SSSR count). The average molecular weight is 477 g/mol. The van der Waals surface area contributed by atoms with E-state index in [2.05, 4.69) is 10.6 Å². The fourth-order valence-electron chi connectivity index (χ4n) is 3.39. The second-order valence-corrected chi connectivity index (χ2v) is 9.33. The monoisotopic (exact) mass is 476 g/mol. The van der Waals surface area contributed by atoms with Gasteiger partial charge in [0.1, 0.15) is 17.7 Å². The molecule has 0 saturated carbocycles. The number of carbonyl (C=O) groups excluding carboxylic acids is 4. The summed E-state index contributed by atoms with van der Waals surface area (Å²) >= 11 is 0. The van der Waals surface area contributed by atoms with Gasteiger partial charge in [-0.25, -0.2) is 4.79 Å². The highest BCUT2D eigenvalue weighted by Crippen LogP contribution is 2.26. The van der Waals surface area contributed by atoms with Crippen LogP contribution in [0.1, 0.15) is 78.8 Å². The Bertz CT molecular complexity index is 822. The van der Waals surface area contributed by atoms with Gasteiger partial charge in [-0.2, -0.15) is 0 Å². The standard InChI is InChI=1S/C25H40N4O5/c1-7-9-15-27-22(31)21(18-13-11-10-12-14-18)29(17(3)8-2)23(32)19(16-20(26)30)28-24(33)34-25(4,5)6/h10-14,17,19,21H,7-9,15-16H2,1-6H3,(H2,26,30)(H,27,31)(H,28,33). The molecule has 0 saturated heterocycles. The zero-order chi connectivity index (χ0) is 25.9. The molecule has 34 heavy (non-hydrogen) atoms. The van der Waals surface area contributed by atoms with Crippen molar-refractivity contribution >= 4 is 23.8 Å². The minimum atomic E-state index is -1.28. The maximum Gasteiger partial charge on any atom is 0.408 e. The largest absolute Gasteiger partial charge is 0.444 e. The summed E-state index contributed by atoms with van der Waals surface area (Å²) in [4.78, 5) is 52.8. The van der Waals surface area contributed by atoms with Crippen LogP contribution in [0.25, 0.3) is 0 Å². The number of unbranched alkanes of at least 4 members (excludes halogenated alkanes) is 1. The summed E-state index contributed by atoms with van der Waals surface area (Å²) in [7, 11) is 0. The van der Waals surface area contributed by atoms with Gasteiger partial charge in [0.2, 0.25) is 17.7 Å². The van der Waals surface area contributed by atoms with Gasteiger partial charge in [0.15, 0.2) is 0 Å². The molecule has 1 aromatic carbocycles. The summed E-state index contributed by atoms with van der Waals surface area (Å²) in [5.74, 6) is -1.68. The Labute approximate surface area is 202 Å². The topological polar surface area (TPSA) is 131 Å². The Morgan fingerprint density at radius 2 is 1.71 bits per heavy atom. The average Bonchev–Trinajstić information content (AvgIpc) is 2.75. The lowest BCUT2D eigenvalue weighted by molar-refractivity contribution is -0.145. The van der Waals surface area contributed by atoms with E-state index in [4.69, 9.17) is 10.5 Å². The van der Waals surface area contributed by atoms with Gasteiger partial charge >= 0.3 is 6.09 Å². The number of alkyl carbamates (subject to hydrolysis) is 1. The molecule has 1 aromatic rings. The van der Waals surface area contributed by atoms with Crippen LogP contribution in [-0.4, -0.2) is 52.9 Å². The van der Waals surface area contributed by atoms with E-state index in [1.54, 1.807) is 45.0 Å². The summed E-state index contributed by atoms with van der Waals surface area (Å²) in [5, 5.41) is 5.39. The number of ether oxygens (including phenoxy) is 1. The van der Waals surface area contributed by atoms with Gasteiger partial charge in [-0.15, -0.1) is 0 Å². The first-order chi connectivity index (χ1) is 15.9. The third-order valence-electron chi connectivity index (χ3n) is 5.19. The maximum atomic E-state index is 13.8. The second kappa shape index (κ2) is 13.6. The van der Waals surface area contributed by atoms with Crippen molar-refractivity contribution in [1.29, 1.82) is 0 Å². The Kier molecular flexibility index (Phi) is 11.5. The predicted molar refractivity (Wildman–Crippen MR) is 131 cm³/mol. The van der Waals surface area contributed by atoms with E-state index in [0.717, 1.165) is 12.8 Å². The van der Waals surface area contributed by atoms with Gasteiger partial charge < -0.3 is 26.0 Å². The van der Waals surface area contributed by atoms with Crippen molar-refractivity contribution in [3.8, 4) is 0 Å². The molecule has 3 atom stereocenters. The van der Waals surface area contributed by atoms with Crippen molar-refractivity contribution in [3.05, 3.63) is 35.9 Å². The number of primary amides is 1. The van der Waals surface area contributed by atoms with E-state index in [1.165, 1.54) is 4.90 Å². The molecular weight excluding hydrogens is 436 g/mol. The first-order valence-corrected chi connectivity index (χ1v) is 11.8. The maximum absolute atomic E-state index is 13.8. The molecule has 4 N–H and O–H groups in total. The van der Waals surface area contributed by atoms with E-state index in [0.29, 0.717) is 18.5 Å². The van der Waals surface area contributed by atoms with E-state index in [-0.39, 0.29) is 11.9 Å². The van der Waals surface area contributed by atoms with Crippen LogP contribution in [0.15, 0.2) is 30.3 Å². The van der Waals surface area contributed by atoms with Crippen LogP contribution in [-0.2, 0) is 19.1 Å².